The van der Waals surface area contributed by atoms with Crippen LogP contribution in [0.25, 0.3) is 89.2 Å². The number of ether oxygens (including phenoxy) is 9. The molecule has 0 radical (unpaired) electrons. The summed E-state index contributed by atoms with van der Waals surface area (Å²) in [7, 11) is 20.5. The third-order valence-corrected chi connectivity index (χ3v) is 23.3. The molecule has 1 aliphatic heterocycles. The second kappa shape index (κ2) is 45.7. The summed E-state index contributed by atoms with van der Waals surface area (Å²) in [5.74, 6) is 5.39. The highest BCUT2D eigenvalue weighted by Gasteiger charge is 2.26. The third-order valence-electron chi connectivity index (χ3n) is 23.3. The minimum Gasteiger partial charge on any atom is -0.497 e. The van der Waals surface area contributed by atoms with Gasteiger partial charge in [-0.15, -0.1) is 0 Å². The number of methoxy groups -OCH3 is 8. The number of halogens is 1. The molecule has 0 spiro atoms. The van der Waals surface area contributed by atoms with Crippen molar-refractivity contribution in [2.24, 2.45) is 39.3 Å². The van der Waals surface area contributed by atoms with Gasteiger partial charge in [-0.05, 0) is 123 Å². The van der Waals surface area contributed by atoms with Gasteiger partial charge in [0.05, 0.1) is 224 Å². The number of aromatic nitrogens is 16. The molecule has 0 bridgehead atoms. The molecule has 2 atom stereocenters. The molecule has 1 fully saturated rings. The average Bonchev–Trinajstić information content (AvgIpc) is 1.18. The van der Waals surface area contributed by atoms with Crippen molar-refractivity contribution in [1.29, 1.82) is 0 Å². The summed E-state index contributed by atoms with van der Waals surface area (Å²) in [6.45, 7) is 14.5. The Morgan fingerprint density at radius 2 is 0.707 bits per heavy atom. The maximum atomic E-state index is 14.6. The standard InChI is InChI=1S/C29H30N6O2.C27H32N6O4.C25H28N6O3.C24H26FN5O2/c1-19(2)32-21-6-8-22(9-7-21)35(24-12-25(36-4)15-26(13-24)37-5)23-10-11-27-28(14-23)33-29(17-30-27)20-16-31-34(3)18-20;1-31-16-19(14-29-31)27-15-28-25-5-4-20(12-26(25)30-27)33(18-22(34)17-32-6-8-37-9-7-32)21-10-23(35-2)13-24(11-21)36-3;1-16(2)25(29-32)15-31(19-8-20(33-4)11-21(9-19)34-5)18-6-7-22-23(10-18)28-24(13-26-22)17-12-27-30(3)14-17;1-5-17(25)15-30(19-8-20(31-3)11-21(9-19)32-4)18-6-7-22-23(10-18)28-24(13-26-22)16-12-27-29(2)14-16/h6-19,32H,1-5H3;4-5,10-16,22,34H,6-9,17-18H2,1-3H3;6-14,16,32H,15H2,1-5H3;6-14,17H,5,15H2,1-4H3/b;;29-25-;. The Kier molecular flexibility index (Phi) is 32.1. The first-order valence-electron chi connectivity index (χ1n) is 45.7. The van der Waals surface area contributed by atoms with Crippen LogP contribution in [-0.2, 0) is 32.9 Å². The summed E-state index contributed by atoms with van der Waals surface area (Å²) in [6, 6.07) is 55.1. The molecule has 35 heteroatoms. The fourth-order valence-corrected chi connectivity index (χ4v) is 15.9. The Hall–Kier alpha value is -16.1. The molecule has 1 aliphatic rings. The minimum absolute atomic E-state index is 0.0532. The summed E-state index contributed by atoms with van der Waals surface area (Å²) < 4.78 is 71.0. The number of aryl methyl sites for hydroxylation is 4. The van der Waals surface area contributed by atoms with Crippen molar-refractivity contribution >= 4 is 107 Å². The molecule has 0 amide bonds. The Morgan fingerprint density at radius 3 is 1.02 bits per heavy atom. The highest BCUT2D eigenvalue weighted by molar-refractivity contribution is 5.94. The number of rotatable bonds is 33. The van der Waals surface area contributed by atoms with Crippen LogP contribution in [0.2, 0.25) is 0 Å². The zero-order valence-electron chi connectivity index (χ0n) is 81.6. The molecule has 9 heterocycles. The Balaban J connectivity index is 0.000000141. The van der Waals surface area contributed by atoms with Crippen molar-refractivity contribution in [1.82, 2.24) is 83.9 Å². The molecule has 17 aromatic rings. The summed E-state index contributed by atoms with van der Waals surface area (Å²) in [4.78, 5) is 48.1. The Bertz CT molecular complexity index is 7020. The maximum Gasteiger partial charge on any atom is 0.124 e. The fraction of sp³-hybridized carbons (Fsp3) is 0.286. The SMILES string of the molecule is CCC(F)CN(c1cc(OC)cc(OC)c1)c1ccc2ncc(-c3cnn(C)c3)nc2c1.COc1cc(OC)cc(N(C/C(=N/O)C(C)C)c2ccc3ncc(-c4cnn(C)c4)nc3c2)c1.COc1cc(OC)cc(N(CC(O)CN2CCOCC2)c2ccc3ncc(-c4cnn(C)c4)nc3c2)c1.COc1cc(OC)cc(N(c2ccc(NC(C)C)cc2)c2ccc3ncc(-c4cnn(C)c4)nc3c2)c1. The number of aliphatic hydroxyl groups excluding tert-OH is 1. The van der Waals surface area contributed by atoms with Crippen molar-refractivity contribution in [3.63, 3.8) is 0 Å². The van der Waals surface area contributed by atoms with Crippen molar-refractivity contribution in [3.05, 3.63) is 244 Å². The topological polar surface area (TPSA) is 339 Å². The third kappa shape index (κ3) is 24.4. The van der Waals surface area contributed by atoms with E-state index in [0.717, 1.165) is 159 Å². The minimum atomic E-state index is -1.00. The van der Waals surface area contributed by atoms with E-state index >= 15 is 0 Å². The number of alkyl halides is 1. The monoisotopic (exact) mass is 1890 g/mol. The smallest absolute Gasteiger partial charge is 0.124 e. The number of aliphatic hydroxyl groups is 1. The molecule has 0 aliphatic carbocycles. The van der Waals surface area contributed by atoms with Crippen LogP contribution in [0.4, 0.5) is 61.3 Å². The number of morpholine rings is 1. The average molecular weight is 1900 g/mol. The molecule has 724 valence electrons. The van der Waals surface area contributed by atoms with Gasteiger partial charge in [-0.2, -0.15) is 20.4 Å². The molecule has 3 N–H and O–H groups in total. The van der Waals surface area contributed by atoms with Crippen LogP contribution in [0.1, 0.15) is 41.0 Å². The molecular weight excluding hydrogens is 1780 g/mol. The second-order valence-corrected chi connectivity index (χ2v) is 33.9. The van der Waals surface area contributed by atoms with E-state index < -0.39 is 12.3 Å². The largest absolute Gasteiger partial charge is 0.497 e. The van der Waals surface area contributed by atoms with Crippen molar-refractivity contribution in [3.8, 4) is 91.0 Å². The van der Waals surface area contributed by atoms with Gasteiger partial charge in [0.2, 0.25) is 0 Å². The van der Waals surface area contributed by atoms with Crippen molar-refractivity contribution < 1.29 is 57.3 Å². The second-order valence-electron chi connectivity index (χ2n) is 33.9. The molecule has 0 saturated carbocycles. The molecule has 9 aromatic carbocycles. The number of nitrogens with one attached hydrogen (secondary N) is 1. The number of benzene rings is 9. The van der Waals surface area contributed by atoms with Crippen LogP contribution < -0.4 is 62.8 Å². The van der Waals surface area contributed by atoms with Gasteiger partial charge < -0.3 is 77.9 Å². The van der Waals surface area contributed by atoms with Crippen LogP contribution in [0.3, 0.4) is 0 Å². The van der Waals surface area contributed by atoms with Gasteiger partial charge in [0.1, 0.15) is 52.2 Å². The van der Waals surface area contributed by atoms with Gasteiger partial charge in [0.25, 0.3) is 0 Å². The molecule has 18 rings (SSSR count). The quantitative estimate of drug-likeness (QED) is 0.0195. The van der Waals surface area contributed by atoms with E-state index in [9.17, 15) is 14.7 Å². The zero-order chi connectivity index (χ0) is 98.6. The molecule has 34 nitrogen and oxygen atoms in total. The van der Waals surface area contributed by atoms with Crippen LogP contribution in [0.5, 0.6) is 46.0 Å². The summed E-state index contributed by atoms with van der Waals surface area (Å²) in [5, 5.41) is 44.8. The van der Waals surface area contributed by atoms with Gasteiger partial charge in [-0.3, -0.25) is 43.6 Å². The molecular formula is C105H116FN23O11. The normalized spacial score (nSPS) is 12.5. The first-order valence-corrected chi connectivity index (χ1v) is 45.7. The van der Waals surface area contributed by atoms with E-state index in [4.69, 9.17) is 62.6 Å². The van der Waals surface area contributed by atoms with E-state index in [1.54, 1.807) is 131 Å². The number of nitrogens with zero attached hydrogens (tertiary/aromatic N) is 22. The summed E-state index contributed by atoms with van der Waals surface area (Å²) in [5.41, 5.74) is 22.2. The predicted molar refractivity (Wildman–Crippen MR) is 546 cm³/mol. The summed E-state index contributed by atoms with van der Waals surface area (Å²) in [6.07, 6.45) is 20.6. The zero-order valence-corrected chi connectivity index (χ0v) is 81.6. The van der Waals surface area contributed by atoms with E-state index in [1.807, 2.05) is 217 Å². The van der Waals surface area contributed by atoms with Crippen LogP contribution >= 0.6 is 0 Å². The number of hydrogen-bond acceptors (Lipinski definition) is 30. The lowest BCUT2D eigenvalue weighted by Gasteiger charge is -2.32. The van der Waals surface area contributed by atoms with Gasteiger partial charge in [-0.1, -0.05) is 25.9 Å². The number of anilines is 10. The molecule has 8 aromatic heterocycles. The Morgan fingerprint density at radius 1 is 0.393 bits per heavy atom. The van der Waals surface area contributed by atoms with E-state index in [0.29, 0.717) is 97.0 Å². The lowest BCUT2D eigenvalue weighted by Crippen LogP contribution is -2.44. The predicted octanol–water partition coefficient (Wildman–Crippen LogP) is 18.8. The van der Waals surface area contributed by atoms with E-state index in [-0.39, 0.29) is 12.5 Å². The van der Waals surface area contributed by atoms with Crippen LogP contribution in [0.15, 0.2) is 249 Å². The summed E-state index contributed by atoms with van der Waals surface area (Å²) >= 11 is 0. The van der Waals surface area contributed by atoms with Gasteiger partial charge >= 0.3 is 0 Å². The number of hydrogen-bond donors (Lipinski definition) is 3. The first-order chi connectivity index (χ1) is 67.9. The molecule has 1 saturated heterocycles. The highest BCUT2D eigenvalue weighted by atomic mass is 19.1. The maximum absolute atomic E-state index is 14.6. The number of fused-ring (bicyclic) bond motifs is 4. The number of β-amino-alcohol motifs (C(OH)–C–C–N with tert-alkyl or cyclic N) is 1. The van der Waals surface area contributed by atoms with Crippen LogP contribution in [0, 0.1) is 5.92 Å². The van der Waals surface area contributed by atoms with E-state index in [2.05, 4.69) is 110 Å². The number of oxime groups is 1. The van der Waals surface area contributed by atoms with Crippen molar-refractivity contribution in [2.45, 2.75) is 59.4 Å². The highest BCUT2D eigenvalue weighted by Crippen LogP contribution is 2.43. The van der Waals surface area contributed by atoms with Gasteiger partial charge in [0, 0.05) is 225 Å². The first kappa shape index (κ1) is 98.4. The Labute approximate surface area is 811 Å². The van der Waals surface area contributed by atoms with E-state index in [1.165, 1.54) is 0 Å². The molecule has 2 unspecified atom stereocenters. The fourth-order valence-electron chi connectivity index (χ4n) is 15.9. The van der Waals surface area contributed by atoms with Crippen LogP contribution in [-0.4, -0.2) is 228 Å². The van der Waals surface area contributed by atoms with Gasteiger partial charge in [-0.25, -0.2) is 24.3 Å². The lowest BCUT2D eigenvalue weighted by molar-refractivity contribution is 0.0164. The van der Waals surface area contributed by atoms with Gasteiger partial charge in [0.15, 0.2) is 0 Å². The van der Waals surface area contributed by atoms with Crippen molar-refractivity contribution in [2.75, 3.05) is 134 Å². The molecule has 140 heavy (non-hydrogen) atoms. The lowest BCUT2D eigenvalue weighted by atomic mass is 10.1.